The van der Waals surface area contributed by atoms with Gasteiger partial charge in [-0.05, 0) is 29.8 Å². The standard InChI is InChI=1S/C14H8F4N2/c15-8-2-1-7-6-20(14(19)9(7)5-8)11-4-3-10(16)12(17)13(11)18/h1-5,19H,6H2. The van der Waals surface area contributed by atoms with E-state index >= 15 is 0 Å². The first-order chi connectivity index (χ1) is 9.49. The number of nitrogens with one attached hydrogen (secondary N) is 1. The minimum absolute atomic E-state index is 0.108. The number of benzene rings is 2. The van der Waals surface area contributed by atoms with Crippen LogP contribution in [0.2, 0.25) is 0 Å². The molecule has 0 radical (unpaired) electrons. The molecule has 0 saturated heterocycles. The zero-order chi connectivity index (χ0) is 14.4. The summed E-state index contributed by atoms with van der Waals surface area (Å²) in [5.74, 6) is -4.90. The third kappa shape index (κ3) is 1.76. The van der Waals surface area contributed by atoms with Crippen LogP contribution in [0.3, 0.4) is 0 Å². The summed E-state index contributed by atoms with van der Waals surface area (Å²) in [5.41, 5.74) is 0.695. The van der Waals surface area contributed by atoms with Gasteiger partial charge in [-0.1, -0.05) is 6.07 Å². The summed E-state index contributed by atoms with van der Waals surface area (Å²) in [6, 6.07) is 5.73. The summed E-state index contributed by atoms with van der Waals surface area (Å²) < 4.78 is 53.1. The Balaban J connectivity index is 2.07. The molecular weight excluding hydrogens is 272 g/mol. The van der Waals surface area contributed by atoms with E-state index in [1.165, 1.54) is 17.0 Å². The summed E-state index contributed by atoms with van der Waals surface area (Å²) in [5, 5.41) is 7.92. The van der Waals surface area contributed by atoms with E-state index in [-0.39, 0.29) is 18.1 Å². The molecule has 1 N–H and O–H groups in total. The molecular formula is C14H8F4N2. The first-order valence-electron chi connectivity index (χ1n) is 5.77. The lowest BCUT2D eigenvalue weighted by Crippen LogP contribution is -2.24. The molecule has 20 heavy (non-hydrogen) atoms. The van der Waals surface area contributed by atoms with Crippen LogP contribution in [-0.4, -0.2) is 5.84 Å². The Hall–Kier alpha value is -2.37. The molecule has 0 fully saturated rings. The van der Waals surface area contributed by atoms with Crippen LogP contribution in [0.1, 0.15) is 11.1 Å². The van der Waals surface area contributed by atoms with E-state index in [1.807, 2.05) is 0 Å². The Kier molecular flexibility index (Phi) is 2.74. The fourth-order valence-corrected chi connectivity index (χ4v) is 2.23. The van der Waals surface area contributed by atoms with Gasteiger partial charge in [-0.15, -0.1) is 0 Å². The summed E-state index contributed by atoms with van der Waals surface area (Å²) in [7, 11) is 0. The second-order valence-electron chi connectivity index (χ2n) is 4.43. The lowest BCUT2D eigenvalue weighted by atomic mass is 10.1. The van der Waals surface area contributed by atoms with Crippen molar-refractivity contribution in [2.24, 2.45) is 0 Å². The van der Waals surface area contributed by atoms with E-state index in [1.54, 1.807) is 0 Å². The van der Waals surface area contributed by atoms with Gasteiger partial charge in [0.2, 0.25) is 0 Å². The summed E-state index contributed by atoms with van der Waals surface area (Å²) in [6.07, 6.45) is 0. The zero-order valence-electron chi connectivity index (χ0n) is 10.1. The highest BCUT2D eigenvalue weighted by atomic mass is 19.2. The van der Waals surface area contributed by atoms with E-state index < -0.39 is 23.3 Å². The van der Waals surface area contributed by atoms with Gasteiger partial charge in [0.1, 0.15) is 11.7 Å². The quantitative estimate of drug-likeness (QED) is 0.627. The molecule has 2 aromatic rings. The van der Waals surface area contributed by atoms with Gasteiger partial charge in [0, 0.05) is 5.56 Å². The molecule has 0 aliphatic carbocycles. The predicted molar refractivity (Wildman–Crippen MR) is 65.7 cm³/mol. The van der Waals surface area contributed by atoms with Gasteiger partial charge >= 0.3 is 0 Å². The molecule has 2 aromatic carbocycles. The van der Waals surface area contributed by atoms with Crippen molar-refractivity contribution in [1.29, 1.82) is 5.41 Å². The smallest absolute Gasteiger partial charge is 0.196 e. The van der Waals surface area contributed by atoms with Crippen LogP contribution in [0.4, 0.5) is 23.2 Å². The van der Waals surface area contributed by atoms with Crippen molar-refractivity contribution in [1.82, 2.24) is 0 Å². The monoisotopic (exact) mass is 280 g/mol. The molecule has 102 valence electrons. The average Bonchev–Trinajstić information content (AvgIpc) is 2.74. The van der Waals surface area contributed by atoms with Gasteiger partial charge in [-0.25, -0.2) is 17.6 Å². The molecule has 0 aromatic heterocycles. The fourth-order valence-electron chi connectivity index (χ4n) is 2.23. The topological polar surface area (TPSA) is 27.1 Å². The minimum atomic E-state index is -1.59. The number of nitrogens with zero attached hydrogens (tertiary/aromatic N) is 1. The van der Waals surface area contributed by atoms with E-state index in [2.05, 4.69) is 0 Å². The Morgan fingerprint density at radius 2 is 1.70 bits per heavy atom. The second kappa shape index (κ2) is 4.33. The van der Waals surface area contributed by atoms with Crippen LogP contribution in [0.15, 0.2) is 30.3 Å². The molecule has 1 heterocycles. The zero-order valence-corrected chi connectivity index (χ0v) is 10.1. The lowest BCUT2D eigenvalue weighted by Gasteiger charge is -2.18. The highest BCUT2D eigenvalue weighted by molar-refractivity contribution is 6.11. The highest BCUT2D eigenvalue weighted by Crippen LogP contribution is 2.31. The Morgan fingerprint density at radius 3 is 2.45 bits per heavy atom. The maximum Gasteiger partial charge on any atom is 0.196 e. The summed E-state index contributed by atoms with van der Waals surface area (Å²) in [4.78, 5) is 1.17. The van der Waals surface area contributed by atoms with Gasteiger partial charge in [0.05, 0.1) is 12.2 Å². The molecule has 0 unspecified atom stereocenters. The molecule has 0 bridgehead atoms. The van der Waals surface area contributed by atoms with Crippen LogP contribution in [0.5, 0.6) is 0 Å². The van der Waals surface area contributed by atoms with Crippen LogP contribution >= 0.6 is 0 Å². The maximum absolute atomic E-state index is 13.8. The van der Waals surface area contributed by atoms with Crippen molar-refractivity contribution < 1.29 is 17.6 Å². The van der Waals surface area contributed by atoms with Gasteiger partial charge in [-0.3, -0.25) is 5.41 Å². The first-order valence-corrected chi connectivity index (χ1v) is 5.77. The van der Waals surface area contributed by atoms with Crippen molar-refractivity contribution in [3.8, 4) is 0 Å². The van der Waals surface area contributed by atoms with Crippen LogP contribution in [0.25, 0.3) is 0 Å². The summed E-state index contributed by atoms with van der Waals surface area (Å²) >= 11 is 0. The molecule has 0 atom stereocenters. The van der Waals surface area contributed by atoms with Crippen LogP contribution in [-0.2, 0) is 6.54 Å². The largest absolute Gasteiger partial charge is 0.319 e. The molecule has 6 heteroatoms. The number of hydrogen-bond acceptors (Lipinski definition) is 1. The first kappa shape index (κ1) is 12.7. The molecule has 0 amide bonds. The average molecular weight is 280 g/mol. The number of hydrogen-bond donors (Lipinski definition) is 1. The van der Waals surface area contributed by atoms with E-state index in [0.717, 1.165) is 18.2 Å². The van der Waals surface area contributed by atoms with E-state index in [4.69, 9.17) is 5.41 Å². The number of amidine groups is 1. The molecule has 2 nitrogen and oxygen atoms in total. The van der Waals surface area contributed by atoms with Crippen LogP contribution < -0.4 is 4.90 Å². The van der Waals surface area contributed by atoms with E-state index in [9.17, 15) is 17.6 Å². The minimum Gasteiger partial charge on any atom is -0.319 e. The fraction of sp³-hybridized carbons (Fsp3) is 0.0714. The van der Waals surface area contributed by atoms with E-state index in [0.29, 0.717) is 11.1 Å². The second-order valence-corrected chi connectivity index (χ2v) is 4.43. The predicted octanol–water partition coefficient (Wildman–Crippen LogP) is 3.59. The van der Waals surface area contributed by atoms with Crippen molar-refractivity contribution >= 4 is 11.5 Å². The molecule has 0 saturated carbocycles. The molecule has 1 aliphatic rings. The van der Waals surface area contributed by atoms with Gasteiger partial charge in [0.25, 0.3) is 0 Å². The highest BCUT2D eigenvalue weighted by Gasteiger charge is 2.29. The number of fused-ring (bicyclic) bond motifs is 1. The Morgan fingerprint density at radius 1 is 0.950 bits per heavy atom. The number of rotatable bonds is 1. The van der Waals surface area contributed by atoms with Crippen LogP contribution in [0, 0.1) is 28.7 Å². The maximum atomic E-state index is 13.8. The molecule has 3 rings (SSSR count). The van der Waals surface area contributed by atoms with Crippen molar-refractivity contribution in [3.63, 3.8) is 0 Å². The lowest BCUT2D eigenvalue weighted by molar-refractivity contribution is 0.448. The third-order valence-electron chi connectivity index (χ3n) is 3.23. The Labute approximate surface area is 111 Å². The van der Waals surface area contributed by atoms with Gasteiger partial charge in [-0.2, -0.15) is 0 Å². The Bertz CT molecular complexity index is 727. The van der Waals surface area contributed by atoms with Crippen molar-refractivity contribution in [2.45, 2.75) is 6.54 Å². The van der Waals surface area contributed by atoms with Crippen molar-refractivity contribution in [3.05, 3.63) is 64.7 Å². The molecule has 0 spiro atoms. The van der Waals surface area contributed by atoms with Gasteiger partial charge < -0.3 is 4.90 Å². The molecule has 1 aliphatic heterocycles. The third-order valence-corrected chi connectivity index (χ3v) is 3.23. The van der Waals surface area contributed by atoms with Gasteiger partial charge in [0.15, 0.2) is 17.5 Å². The number of halogens is 4. The van der Waals surface area contributed by atoms with Crippen molar-refractivity contribution in [2.75, 3.05) is 4.90 Å². The SMILES string of the molecule is N=C1c2cc(F)ccc2CN1c1ccc(F)c(F)c1F. The normalized spacial score (nSPS) is 13.8. The summed E-state index contributed by atoms with van der Waals surface area (Å²) in [6.45, 7) is 0.108. The number of anilines is 1.